The molecule has 44 heavy (non-hydrogen) atoms. The zero-order valence-electron chi connectivity index (χ0n) is 24.4. The van der Waals surface area contributed by atoms with Gasteiger partial charge in [-0.1, -0.05) is 90.5 Å². The average molecular weight is 595 g/mol. The molecule has 0 aromatic heterocycles. The summed E-state index contributed by atoms with van der Waals surface area (Å²) in [5.74, 6) is 1.82. The molecule has 1 aliphatic rings. The van der Waals surface area contributed by atoms with Crippen LogP contribution in [0.4, 0.5) is 0 Å². The molecule has 0 fully saturated rings. The van der Waals surface area contributed by atoms with Crippen LogP contribution < -0.4 is 9.47 Å². The normalized spacial score (nSPS) is 13.1. The molecule has 0 aliphatic heterocycles. The van der Waals surface area contributed by atoms with E-state index in [2.05, 4.69) is 91.9 Å². The van der Waals surface area contributed by atoms with Crippen molar-refractivity contribution in [1.82, 2.24) is 0 Å². The van der Waals surface area contributed by atoms with Gasteiger partial charge in [0.05, 0.1) is 22.3 Å². The van der Waals surface area contributed by atoms with Crippen molar-refractivity contribution < 1.29 is 17.9 Å². The first-order valence-corrected chi connectivity index (χ1v) is 15.9. The summed E-state index contributed by atoms with van der Waals surface area (Å²) < 4.78 is 37.6. The van der Waals surface area contributed by atoms with Gasteiger partial charge < -0.3 is 9.47 Å². The highest BCUT2D eigenvalue weighted by Crippen LogP contribution is 2.56. The highest BCUT2D eigenvalue weighted by Gasteiger charge is 2.45. The number of hydrogen-bond acceptors (Lipinski definition) is 4. The minimum Gasteiger partial charge on any atom is -0.497 e. The van der Waals surface area contributed by atoms with E-state index in [9.17, 15) is 8.42 Å². The molecule has 6 aromatic rings. The fourth-order valence-electron chi connectivity index (χ4n) is 6.31. The summed E-state index contributed by atoms with van der Waals surface area (Å²) in [6.45, 7) is 2.11. The van der Waals surface area contributed by atoms with E-state index >= 15 is 0 Å². The Morgan fingerprint density at radius 2 is 0.909 bits per heavy atom. The molecule has 0 radical (unpaired) electrons. The largest absolute Gasteiger partial charge is 0.497 e. The summed E-state index contributed by atoms with van der Waals surface area (Å²) in [6, 6.07) is 47.3. The fraction of sp³-hybridized carbons (Fsp3) is 0.0769. The van der Waals surface area contributed by atoms with Crippen LogP contribution in [0.2, 0.25) is 0 Å². The van der Waals surface area contributed by atoms with E-state index in [4.69, 9.17) is 9.47 Å². The molecule has 7 rings (SSSR count). The molecule has 0 N–H and O–H groups in total. The van der Waals surface area contributed by atoms with Crippen molar-refractivity contribution in [2.75, 3.05) is 7.11 Å². The standard InChI is InChI=1S/C39H30O4S/c1-27-11-13-28(14-12-27)39(37-9-5-3-7-35(37)36-8-4-6-10-38(36)39)29-15-17-31(18-16-29)43-32-21-25-34(26-22-32)44(40,41)33-23-19-30(42-2)20-24-33/h3-26H,1-2H3. The van der Waals surface area contributed by atoms with E-state index in [1.165, 1.54) is 33.4 Å². The van der Waals surface area contributed by atoms with Crippen LogP contribution in [0.5, 0.6) is 17.2 Å². The van der Waals surface area contributed by atoms with E-state index in [-0.39, 0.29) is 9.79 Å². The van der Waals surface area contributed by atoms with Gasteiger partial charge >= 0.3 is 0 Å². The van der Waals surface area contributed by atoms with Gasteiger partial charge in [-0.05, 0) is 101 Å². The number of aryl methyl sites for hydroxylation is 1. The molecule has 216 valence electrons. The van der Waals surface area contributed by atoms with Crippen LogP contribution in [-0.2, 0) is 15.3 Å². The molecular weight excluding hydrogens is 564 g/mol. The van der Waals surface area contributed by atoms with Gasteiger partial charge in [-0.15, -0.1) is 0 Å². The zero-order valence-corrected chi connectivity index (χ0v) is 25.2. The Labute approximate surface area is 258 Å². The number of sulfone groups is 1. The number of methoxy groups -OCH3 is 1. The average Bonchev–Trinajstić information content (AvgIpc) is 3.37. The Hall–Kier alpha value is -5.13. The Balaban J connectivity index is 1.23. The first-order chi connectivity index (χ1) is 21.4. The van der Waals surface area contributed by atoms with Crippen LogP contribution in [0.1, 0.15) is 27.8 Å². The van der Waals surface area contributed by atoms with Gasteiger partial charge in [0.2, 0.25) is 9.84 Å². The number of benzene rings is 6. The topological polar surface area (TPSA) is 52.6 Å². The fourth-order valence-corrected chi connectivity index (χ4v) is 7.58. The lowest BCUT2D eigenvalue weighted by Gasteiger charge is -2.34. The van der Waals surface area contributed by atoms with E-state index in [0.717, 1.165) is 5.56 Å². The minimum atomic E-state index is -3.66. The number of hydrogen-bond donors (Lipinski definition) is 0. The zero-order chi connectivity index (χ0) is 30.3. The van der Waals surface area contributed by atoms with Crippen LogP contribution in [0.15, 0.2) is 155 Å². The van der Waals surface area contributed by atoms with E-state index < -0.39 is 15.3 Å². The lowest BCUT2D eigenvalue weighted by molar-refractivity contribution is 0.414. The predicted molar refractivity (Wildman–Crippen MR) is 173 cm³/mol. The van der Waals surface area contributed by atoms with Gasteiger partial charge in [0.15, 0.2) is 0 Å². The molecule has 0 saturated carbocycles. The molecule has 0 saturated heterocycles. The van der Waals surface area contributed by atoms with Crippen molar-refractivity contribution in [1.29, 1.82) is 0 Å². The molecule has 0 bridgehead atoms. The Morgan fingerprint density at radius 1 is 0.500 bits per heavy atom. The monoisotopic (exact) mass is 594 g/mol. The molecule has 6 aromatic carbocycles. The summed E-state index contributed by atoms with van der Waals surface area (Å²) in [5.41, 5.74) is 8.10. The number of fused-ring (bicyclic) bond motifs is 3. The van der Waals surface area contributed by atoms with Gasteiger partial charge in [-0.25, -0.2) is 8.42 Å². The van der Waals surface area contributed by atoms with Crippen LogP contribution in [0.25, 0.3) is 11.1 Å². The van der Waals surface area contributed by atoms with Gasteiger partial charge in [-0.2, -0.15) is 0 Å². The van der Waals surface area contributed by atoms with Crippen molar-refractivity contribution in [3.8, 4) is 28.4 Å². The summed E-state index contributed by atoms with van der Waals surface area (Å²) in [7, 11) is -2.12. The van der Waals surface area contributed by atoms with Crippen molar-refractivity contribution in [2.24, 2.45) is 0 Å². The maximum atomic E-state index is 13.1. The van der Waals surface area contributed by atoms with Crippen molar-refractivity contribution in [3.05, 3.63) is 173 Å². The predicted octanol–water partition coefficient (Wildman–Crippen LogP) is 8.99. The van der Waals surface area contributed by atoms with E-state index in [0.29, 0.717) is 17.2 Å². The first-order valence-electron chi connectivity index (χ1n) is 14.5. The highest BCUT2D eigenvalue weighted by molar-refractivity contribution is 7.91. The molecule has 4 nitrogen and oxygen atoms in total. The van der Waals surface area contributed by atoms with E-state index in [1.807, 2.05) is 12.1 Å². The SMILES string of the molecule is COc1ccc(S(=O)(=O)c2ccc(Oc3ccc(C4(c5ccc(C)cc5)c5ccccc5-c5ccccc54)cc3)cc2)cc1. The molecule has 0 heterocycles. The Bertz CT molecular complexity index is 2020. The molecule has 5 heteroatoms. The van der Waals surface area contributed by atoms with Crippen LogP contribution >= 0.6 is 0 Å². The smallest absolute Gasteiger partial charge is 0.206 e. The van der Waals surface area contributed by atoms with E-state index in [1.54, 1.807) is 55.6 Å². The molecule has 0 amide bonds. The van der Waals surface area contributed by atoms with Gasteiger partial charge in [0.1, 0.15) is 17.2 Å². The van der Waals surface area contributed by atoms with Crippen LogP contribution in [-0.4, -0.2) is 15.5 Å². The summed E-state index contributed by atoms with van der Waals surface area (Å²) in [4.78, 5) is 0.407. The summed E-state index contributed by atoms with van der Waals surface area (Å²) >= 11 is 0. The number of rotatable bonds is 7. The number of ether oxygens (including phenoxy) is 2. The first kappa shape index (κ1) is 27.7. The molecule has 0 unspecified atom stereocenters. The third kappa shape index (κ3) is 4.48. The second-order valence-electron chi connectivity index (χ2n) is 11.0. The molecular formula is C39H30O4S. The second kappa shape index (κ2) is 10.9. The minimum absolute atomic E-state index is 0.198. The molecule has 0 atom stereocenters. The van der Waals surface area contributed by atoms with Gasteiger partial charge in [0, 0.05) is 0 Å². The maximum absolute atomic E-state index is 13.1. The molecule has 0 spiro atoms. The summed E-state index contributed by atoms with van der Waals surface area (Å²) in [6.07, 6.45) is 0. The lowest BCUT2D eigenvalue weighted by atomic mass is 9.67. The third-order valence-electron chi connectivity index (χ3n) is 8.46. The maximum Gasteiger partial charge on any atom is 0.206 e. The van der Waals surface area contributed by atoms with Gasteiger partial charge in [0.25, 0.3) is 0 Å². The van der Waals surface area contributed by atoms with Crippen LogP contribution in [0, 0.1) is 6.92 Å². The second-order valence-corrected chi connectivity index (χ2v) is 12.9. The van der Waals surface area contributed by atoms with Crippen molar-refractivity contribution >= 4 is 9.84 Å². The Morgan fingerprint density at radius 3 is 1.39 bits per heavy atom. The Kier molecular flexibility index (Phi) is 6.83. The summed E-state index contributed by atoms with van der Waals surface area (Å²) in [5, 5.41) is 0. The molecule has 1 aliphatic carbocycles. The van der Waals surface area contributed by atoms with Crippen molar-refractivity contribution in [2.45, 2.75) is 22.1 Å². The highest BCUT2D eigenvalue weighted by atomic mass is 32.2. The van der Waals surface area contributed by atoms with Crippen LogP contribution in [0.3, 0.4) is 0 Å². The third-order valence-corrected chi connectivity index (χ3v) is 10.2. The van der Waals surface area contributed by atoms with Gasteiger partial charge in [-0.3, -0.25) is 0 Å². The quantitative estimate of drug-likeness (QED) is 0.185. The van der Waals surface area contributed by atoms with Crippen molar-refractivity contribution in [3.63, 3.8) is 0 Å². The lowest BCUT2D eigenvalue weighted by Crippen LogP contribution is -2.28.